The normalized spacial score (nSPS) is 12.9. The fourth-order valence-corrected chi connectivity index (χ4v) is 16.2. The van der Waals surface area contributed by atoms with Crippen LogP contribution in [0.15, 0.2) is 343 Å². The van der Waals surface area contributed by atoms with Crippen molar-refractivity contribution in [2.24, 2.45) is 0 Å². The minimum Gasteiger partial charge on any atom is -0.311 e. The summed E-state index contributed by atoms with van der Waals surface area (Å²) in [6.45, 7) is -0.612. The van der Waals surface area contributed by atoms with Crippen molar-refractivity contribution in [2.75, 3.05) is 24.5 Å². The van der Waals surface area contributed by atoms with E-state index in [9.17, 15) is 0 Å². The molecule has 14 aromatic carbocycles. The first-order valence-electron chi connectivity index (χ1n) is 31.8. The molecule has 0 bridgehead atoms. The van der Waals surface area contributed by atoms with E-state index in [4.69, 9.17) is 0 Å². The maximum absolute atomic E-state index is 17.8. The van der Waals surface area contributed by atoms with Gasteiger partial charge in [0, 0.05) is 83.7 Å². The quantitative estimate of drug-likeness (QED) is 0.119. The van der Waals surface area contributed by atoms with Gasteiger partial charge in [0.1, 0.15) is 17.3 Å². The highest BCUT2D eigenvalue weighted by molar-refractivity contribution is 8.00. The van der Waals surface area contributed by atoms with Crippen LogP contribution in [0.5, 0.6) is 0 Å². The molecule has 0 aromatic heterocycles. The van der Waals surface area contributed by atoms with Gasteiger partial charge in [-0.15, -0.1) is 0 Å². The summed E-state index contributed by atoms with van der Waals surface area (Å²) in [5.74, 6) is -1.34. The summed E-state index contributed by atoms with van der Waals surface area (Å²) in [5, 5.41) is 0. The van der Waals surface area contributed by atoms with Gasteiger partial charge < -0.3 is 24.5 Å². The van der Waals surface area contributed by atoms with Crippen LogP contribution in [0.25, 0.3) is 22.3 Å². The van der Waals surface area contributed by atoms with Crippen molar-refractivity contribution >= 4 is 143 Å². The second-order valence-corrected chi connectivity index (χ2v) is 25.3. The average molecular weight is 1230 g/mol. The van der Waals surface area contributed by atoms with Gasteiger partial charge in [0.05, 0.1) is 5.69 Å². The summed E-state index contributed by atoms with van der Waals surface area (Å²) in [4.78, 5) is 13.4. The second kappa shape index (κ2) is 22.7. The lowest BCUT2D eigenvalue weighted by Crippen LogP contribution is -2.64. The van der Waals surface area contributed by atoms with Gasteiger partial charge >= 0.3 is 0 Å². The Kier molecular flexibility index (Phi) is 13.3. The van der Waals surface area contributed by atoms with E-state index in [0.717, 1.165) is 122 Å². The molecule has 0 radical (unpaired) electrons. The molecule has 4 aliphatic heterocycles. The van der Waals surface area contributed by atoms with E-state index in [0.29, 0.717) is 11.4 Å². The maximum atomic E-state index is 17.8. The number of hydrogen-bond acceptors (Lipinski definition) is 6. The van der Waals surface area contributed by atoms with E-state index in [-0.39, 0.29) is 19.1 Å². The third-order valence-corrected chi connectivity index (χ3v) is 20.1. The molecular weight excluding hydrogens is 1170 g/mol. The molecule has 442 valence electrons. The third kappa shape index (κ3) is 9.08. The van der Waals surface area contributed by atoms with E-state index < -0.39 is 11.6 Å². The maximum Gasteiger partial charge on any atom is 0.252 e. The van der Waals surface area contributed by atoms with Crippen molar-refractivity contribution in [1.82, 2.24) is 0 Å². The predicted octanol–water partition coefficient (Wildman–Crippen LogP) is 19.1. The standard InChI is InChI=1S/C84H55B2F2N5S/c87-72-38-23-39-73(88)84(72)93-76-55-80-71(86-69-37-20-22-41-75(69)92(63-34-17-6-18-35-63)79-52-67(53-81(94-80)83(79)86)89(60-28-11-3-12-29-60)61-30-13-4-14-31-61)54-70(76)85-68-36-19-21-40-74(68)91(62-32-15-5-16-33-62)77-50-66(51-78(93)82(77)85)90(64-46-42-58(43-47-64)56-24-7-1-8-25-56)65-48-44-59(45-49-65)57-26-9-2-10-27-57/h1-55H. The topological polar surface area (TPSA) is 16.2 Å². The molecule has 0 saturated carbocycles. The Morgan fingerprint density at radius 2 is 0.638 bits per heavy atom. The zero-order chi connectivity index (χ0) is 62.4. The predicted molar refractivity (Wildman–Crippen MR) is 391 cm³/mol. The van der Waals surface area contributed by atoms with Gasteiger partial charge in [-0.05, 0) is 177 Å². The van der Waals surface area contributed by atoms with Crippen LogP contribution in [-0.2, 0) is 0 Å². The minimum atomic E-state index is -0.668. The van der Waals surface area contributed by atoms with Crippen LogP contribution in [0.1, 0.15) is 0 Å². The van der Waals surface area contributed by atoms with Crippen molar-refractivity contribution in [3.8, 4) is 22.3 Å². The number of benzene rings is 14. The zero-order valence-electron chi connectivity index (χ0n) is 50.8. The summed E-state index contributed by atoms with van der Waals surface area (Å²) in [7, 11) is 0. The first kappa shape index (κ1) is 55.3. The highest BCUT2D eigenvalue weighted by atomic mass is 32.2. The molecule has 0 amide bonds. The molecule has 94 heavy (non-hydrogen) atoms. The molecule has 0 atom stereocenters. The van der Waals surface area contributed by atoms with Crippen LogP contribution < -0.4 is 57.3 Å². The van der Waals surface area contributed by atoms with Crippen LogP contribution in [0.3, 0.4) is 0 Å². The van der Waals surface area contributed by atoms with Crippen LogP contribution in [-0.4, -0.2) is 13.4 Å². The smallest absolute Gasteiger partial charge is 0.252 e. The highest BCUT2D eigenvalue weighted by Gasteiger charge is 2.48. The SMILES string of the molecule is Fc1cccc(F)c1N1c2cc3c(cc2B2c4ccccc4N(c4ccccc4)c4cc(N(c5ccc(-c6ccccc6)cc5)c5ccc(-c6ccccc6)cc5)cc1c42)B1c2ccccc2N(c2ccccc2)c2cc(N(c4ccccc4)c4ccccc4)cc(c21)S3. The lowest BCUT2D eigenvalue weighted by atomic mass is 9.31. The number of rotatable bonds is 11. The van der Waals surface area contributed by atoms with Gasteiger partial charge in [0.25, 0.3) is 6.71 Å². The number of nitrogens with zero attached hydrogens (tertiary/aromatic N) is 5. The van der Waals surface area contributed by atoms with E-state index in [1.54, 1.807) is 11.8 Å². The summed E-state index contributed by atoms with van der Waals surface area (Å²) >= 11 is 1.73. The van der Waals surface area contributed by atoms with E-state index in [1.807, 2.05) is 23.1 Å². The lowest BCUT2D eigenvalue weighted by Gasteiger charge is -2.46. The molecule has 4 aliphatic rings. The first-order chi connectivity index (χ1) is 46.5. The molecule has 0 spiro atoms. The molecule has 0 saturated heterocycles. The Bertz CT molecular complexity index is 5090. The number of para-hydroxylation sites is 7. The fraction of sp³-hybridized carbons (Fsp3) is 0. The number of fused-ring (bicyclic) bond motifs is 8. The summed E-state index contributed by atoms with van der Waals surface area (Å²) < 4.78 is 35.5. The molecule has 5 nitrogen and oxygen atoms in total. The van der Waals surface area contributed by atoms with E-state index in [1.165, 1.54) is 29.1 Å². The van der Waals surface area contributed by atoms with E-state index >= 15 is 8.78 Å². The lowest BCUT2D eigenvalue weighted by molar-refractivity contribution is 0.586. The monoisotopic (exact) mass is 1230 g/mol. The summed E-state index contributed by atoms with van der Waals surface area (Å²) in [5.41, 5.74) is 23.9. The van der Waals surface area contributed by atoms with Crippen molar-refractivity contribution < 1.29 is 8.78 Å². The van der Waals surface area contributed by atoms with Crippen molar-refractivity contribution in [2.45, 2.75) is 9.79 Å². The van der Waals surface area contributed by atoms with Gasteiger partial charge in [0.2, 0.25) is 6.71 Å². The minimum absolute atomic E-state index is 0.147. The summed E-state index contributed by atoms with van der Waals surface area (Å²) in [6, 6.07) is 116. The third-order valence-electron chi connectivity index (χ3n) is 18.9. The Hall–Kier alpha value is -11.6. The Morgan fingerprint density at radius 3 is 1.13 bits per heavy atom. The van der Waals surface area contributed by atoms with Gasteiger partial charge in [-0.1, -0.05) is 223 Å². The fourth-order valence-electron chi connectivity index (χ4n) is 14.9. The van der Waals surface area contributed by atoms with Crippen LogP contribution in [0.4, 0.5) is 94.1 Å². The molecule has 0 aliphatic carbocycles. The zero-order valence-corrected chi connectivity index (χ0v) is 51.6. The molecule has 0 N–H and O–H groups in total. The molecule has 0 fully saturated rings. The van der Waals surface area contributed by atoms with Gasteiger partial charge in [-0.25, -0.2) is 8.78 Å². The van der Waals surface area contributed by atoms with Crippen molar-refractivity contribution in [3.05, 3.63) is 345 Å². The van der Waals surface area contributed by atoms with Crippen LogP contribution in [0.2, 0.25) is 0 Å². The Balaban J connectivity index is 0.908. The molecule has 18 rings (SSSR count). The van der Waals surface area contributed by atoms with Crippen molar-refractivity contribution in [3.63, 3.8) is 0 Å². The molecule has 10 heteroatoms. The number of hydrogen-bond donors (Lipinski definition) is 0. The Morgan fingerprint density at radius 1 is 0.255 bits per heavy atom. The number of anilines is 15. The first-order valence-corrected chi connectivity index (χ1v) is 32.7. The molecular formula is C84H55B2F2N5S. The number of halogens is 2. The average Bonchev–Trinajstić information content (AvgIpc) is 0.694. The molecule has 4 heterocycles. The molecule has 0 unspecified atom stereocenters. The Labute approximate surface area is 550 Å². The van der Waals surface area contributed by atoms with Gasteiger partial charge in [-0.2, -0.15) is 0 Å². The van der Waals surface area contributed by atoms with Crippen LogP contribution >= 0.6 is 11.8 Å². The van der Waals surface area contributed by atoms with Gasteiger partial charge in [-0.3, -0.25) is 0 Å². The largest absolute Gasteiger partial charge is 0.311 e. The van der Waals surface area contributed by atoms with Gasteiger partial charge in [0.15, 0.2) is 0 Å². The molecule has 14 aromatic rings. The van der Waals surface area contributed by atoms with Crippen LogP contribution in [0, 0.1) is 11.6 Å². The second-order valence-electron chi connectivity index (χ2n) is 24.2. The summed E-state index contributed by atoms with van der Waals surface area (Å²) in [6.07, 6.45) is 0. The van der Waals surface area contributed by atoms with E-state index in [2.05, 4.69) is 317 Å². The highest BCUT2D eigenvalue weighted by Crippen LogP contribution is 2.52. The van der Waals surface area contributed by atoms with Crippen molar-refractivity contribution in [1.29, 1.82) is 0 Å².